The zero-order valence-corrected chi connectivity index (χ0v) is 16.3. The van der Waals surface area contributed by atoms with Gasteiger partial charge in [-0.25, -0.2) is 9.97 Å². The fourth-order valence-corrected chi connectivity index (χ4v) is 3.50. The molecule has 0 saturated carbocycles. The molecule has 0 radical (unpaired) electrons. The molecular formula is C21H29N5O2. The Bertz CT molecular complexity index is 711. The van der Waals surface area contributed by atoms with Crippen LogP contribution in [0.5, 0.6) is 0 Å². The van der Waals surface area contributed by atoms with E-state index in [-0.39, 0.29) is 0 Å². The summed E-state index contributed by atoms with van der Waals surface area (Å²) >= 11 is 0. The van der Waals surface area contributed by atoms with E-state index in [9.17, 15) is 0 Å². The quantitative estimate of drug-likeness (QED) is 0.776. The van der Waals surface area contributed by atoms with E-state index in [1.54, 1.807) is 0 Å². The minimum absolute atomic E-state index is 0.748. The lowest BCUT2D eigenvalue weighted by atomic mass is 10.1. The number of ether oxygens (including phenoxy) is 2. The summed E-state index contributed by atoms with van der Waals surface area (Å²) in [5.41, 5.74) is 3.75. The fourth-order valence-electron chi connectivity index (χ4n) is 3.50. The van der Waals surface area contributed by atoms with Crippen LogP contribution in [0.15, 0.2) is 36.7 Å². The maximum Gasteiger partial charge on any atom is 0.225 e. The van der Waals surface area contributed by atoms with Gasteiger partial charge in [-0.1, -0.05) is 24.3 Å². The molecule has 1 aromatic heterocycles. The maximum absolute atomic E-state index is 5.41. The molecular weight excluding hydrogens is 354 g/mol. The number of morpholine rings is 2. The van der Waals surface area contributed by atoms with Crippen LogP contribution in [-0.2, 0) is 29.1 Å². The van der Waals surface area contributed by atoms with Crippen LogP contribution in [0, 0.1) is 0 Å². The summed E-state index contributed by atoms with van der Waals surface area (Å²) in [5.74, 6) is 0.794. The van der Waals surface area contributed by atoms with Crippen molar-refractivity contribution in [3.05, 3.63) is 53.3 Å². The predicted octanol–water partition coefficient (Wildman–Crippen LogP) is 1.44. The highest BCUT2D eigenvalue weighted by molar-refractivity contribution is 5.30. The molecule has 1 aromatic carbocycles. The Labute approximate surface area is 166 Å². The van der Waals surface area contributed by atoms with Crippen LogP contribution in [0.3, 0.4) is 0 Å². The first kappa shape index (κ1) is 19.3. The lowest BCUT2D eigenvalue weighted by Crippen LogP contribution is -2.37. The summed E-state index contributed by atoms with van der Waals surface area (Å²) in [6.45, 7) is 9.56. The van der Waals surface area contributed by atoms with Crippen LogP contribution < -0.4 is 10.2 Å². The summed E-state index contributed by atoms with van der Waals surface area (Å²) in [6, 6.07) is 8.88. The highest BCUT2D eigenvalue weighted by Crippen LogP contribution is 2.11. The van der Waals surface area contributed by atoms with Gasteiger partial charge < -0.3 is 19.7 Å². The van der Waals surface area contributed by atoms with Gasteiger partial charge >= 0.3 is 0 Å². The van der Waals surface area contributed by atoms with Crippen molar-refractivity contribution in [3.63, 3.8) is 0 Å². The number of hydrogen-bond donors (Lipinski definition) is 1. The van der Waals surface area contributed by atoms with E-state index in [4.69, 9.17) is 9.47 Å². The van der Waals surface area contributed by atoms with Gasteiger partial charge in [0.15, 0.2) is 0 Å². The molecule has 0 amide bonds. The number of rotatable bonds is 7. The molecule has 2 aromatic rings. The number of nitrogens with zero attached hydrogens (tertiary/aromatic N) is 4. The van der Waals surface area contributed by atoms with Crippen LogP contribution >= 0.6 is 0 Å². The van der Waals surface area contributed by atoms with Crippen LogP contribution in [0.25, 0.3) is 0 Å². The lowest BCUT2D eigenvalue weighted by molar-refractivity contribution is 0.0342. The lowest BCUT2D eigenvalue weighted by Gasteiger charge is -2.26. The van der Waals surface area contributed by atoms with Crippen molar-refractivity contribution in [2.24, 2.45) is 0 Å². The van der Waals surface area contributed by atoms with Gasteiger partial charge in [0.25, 0.3) is 0 Å². The van der Waals surface area contributed by atoms with Gasteiger partial charge in [-0.05, 0) is 11.1 Å². The van der Waals surface area contributed by atoms with E-state index in [2.05, 4.69) is 49.4 Å². The molecule has 2 fully saturated rings. The van der Waals surface area contributed by atoms with Crippen molar-refractivity contribution >= 4 is 5.95 Å². The summed E-state index contributed by atoms with van der Waals surface area (Å²) in [7, 11) is 0. The molecule has 0 unspecified atom stereocenters. The van der Waals surface area contributed by atoms with E-state index in [1.807, 2.05) is 12.4 Å². The van der Waals surface area contributed by atoms with E-state index in [0.29, 0.717) is 0 Å². The van der Waals surface area contributed by atoms with Crippen molar-refractivity contribution in [1.29, 1.82) is 0 Å². The van der Waals surface area contributed by atoms with Gasteiger partial charge in [0.2, 0.25) is 5.95 Å². The molecule has 28 heavy (non-hydrogen) atoms. The molecule has 2 saturated heterocycles. The number of anilines is 1. The van der Waals surface area contributed by atoms with E-state index >= 15 is 0 Å². The Kier molecular flexibility index (Phi) is 6.83. The van der Waals surface area contributed by atoms with Crippen LogP contribution in [0.1, 0.15) is 16.7 Å². The smallest absolute Gasteiger partial charge is 0.225 e. The van der Waals surface area contributed by atoms with Crippen molar-refractivity contribution in [2.75, 3.05) is 57.5 Å². The number of benzene rings is 1. The molecule has 0 aliphatic carbocycles. The van der Waals surface area contributed by atoms with Crippen molar-refractivity contribution in [3.8, 4) is 0 Å². The van der Waals surface area contributed by atoms with E-state index < -0.39 is 0 Å². The third-order valence-electron chi connectivity index (χ3n) is 5.18. The zero-order chi connectivity index (χ0) is 19.0. The number of aromatic nitrogens is 2. The third-order valence-corrected chi connectivity index (χ3v) is 5.18. The SMILES string of the molecule is c1cc(CN2CCOCC2)ccc1CNCc1cnc(N2CCOCC2)nc1. The summed E-state index contributed by atoms with van der Waals surface area (Å²) in [5, 5.41) is 3.48. The normalized spacial score (nSPS) is 18.4. The van der Waals surface area contributed by atoms with E-state index in [0.717, 1.165) is 83.8 Å². The molecule has 4 rings (SSSR count). The average Bonchev–Trinajstić information content (AvgIpc) is 2.77. The third kappa shape index (κ3) is 5.48. The minimum atomic E-state index is 0.748. The van der Waals surface area contributed by atoms with Gasteiger partial charge in [0.05, 0.1) is 26.4 Å². The Morgan fingerprint density at radius 1 is 0.750 bits per heavy atom. The minimum Gasteiger partial charge on any atom is -0.379 e. The van der Waals surface area contributed by atoms with Gasteiger partial charge in [-0.2, -0.15) is 0 Å². The van der Waals surface area contributed by atoms with Gasteiger partial charge in [-0.3, -0.25) is 4.90 Å². The highest BCUT2D eigenvalue weighted by atomic mass is 16.5. The fraction of sp³-hybridized carbons (Fsp3) is 0.524. The molecule has 0 spiro atoms. The Hall–Kier alpha value is -2.06. The van der Waals surface area contributed by atoms with Crippen molar-refractivity contribution < 1.29 is 9.47 Å². The summed E-state index contributed by atoms with van der Waals surface area (Å²) < 4.78 is 10.8. The molecule has 7 heteroatoms. The summed E-state index contributed by atoms with van der Waals surface area (Å²) in [4.78, 5) is 13.6. The van der Waals surface area contributed by atoms with E-state index in [1.165, 1.54) is 11.1 Å². The molecule has 7 nitrogen and oxygen atoms in total. The second-order valence-corrected chi connectivity index (χ2v) is 7.30. The summed E-state index contributed by atoms with van der Waals surface area (Å²) in [6.07, 6.45) is 3.83. The van der Waals surface area contributed by atoms with Crippen LogP contribution in [0.2, 0.25) is 0 Å². The topological polar surface area (TPSA) is 62.8 Å². The highest BCUT2D eigenvalue weighted by Gasteiger charge is 2.13. The monoisotopic (exact) mass is 383 g/mol. The van der Waals surface area contributed by atoms with Crippen molar-refractivity contribution in [1.82, 2.24) is 20.2 Å². The Balaban J connectivity index is 1.21. The first-order valence-electron chi connectivity index (χ1n) is 10.1. The number of nitrogens with one attached hydrogen (secondary N) is 1. The first-order chi connectivity index (χ1) is 13.9. The predicted molar refractivity (Wildman–Crippen MR) is 108 cm³/mol. The Morgan fingerprint density at radius 2 is 1.32 bits per heavy atom. The average molecular weight is 383 g/mol. The molecule has 1 N–H and O–H groups in total. The second kappa shape index (κ2) is 9.93. The standard InChI is InChI=1S/C21H29N5O2/c1-3-19(17-25-5-9-27-10-6-25)4-2-18(1)13-22-14-20-15-23-21(24-16-20)26-7-11-28-12-8-26/h1-4,15-16,22H,5-14,17H2. The molecule has 2 aliphatic rings. The van der Waals surface area contributed by atoms with Crippen LogP contribution in [-0.4, -0.2) is 67.5 Å². The van der Waals surface area contributed by atoms with Gasteiger partial charge in [-0.15, -0.1) is 0 Å². The maximum atomic E-state index is 5.41. The number of hydrogen-bond acceptors (Lipinski definition) is 7. The van der Waals surface area contributed by atoms with Gasteiger partial charge in [0.1, 0.15) is 0 Å². The van der Waals surface area contributed by atoms with Crippen molar-refractivity contribution in [2.45, 2.75) is 19.6 Å². The largest absolute Gasteiger partial charge is 0.379 e. The molecule has 3 heterocycles. The second-order valence-electron chi connectivity index (χ2n) is 7.30. The first-order valence-corrected chi connectivity index (χ1v) is 10.1. The molecule has 150 valence electrons. The Morgan fingerprint density at radius 3 is 2.00 bits per heavy atom. The zero-order valence-electron chi connectivity index (χ0n) is 16.3. The molecule has 0 atom stereocenters. The molecule has 0 bridgehead atoms. The van der Waals surface area contributed by atoms with Gasteiger partial charge in [0, 0.05) is 63.8 Å². The molecule has 2 aliphatic heterocycles. The van der Waals surface area contributed by atoms with Crippen LogP contribution in [0.4, 0.5) is 5.95 Å².